The van der Waals surface area contributed by atoms with Gasteiger partial charge in [0.15, 0.2) is 0 Å². The number of rotatable bonds is 8. The fourth-order valence-corrected chi connectivity index (χ4v) is 4.39. The molecule has 1 fully saturated rings. The number of hydrogen-bond acceptors (Lipinski definition) is 2. The molecule has 2 aromatic rings. The van der Waals surface area contributed by atoms with Crippen molar-refractivity contribution in [3.63, 3.8) is 0 Å². The smallest absolute Gasteiger partial charge is 0.247 e. The summed E-state index contributed by atoms with van der Waals surface area (Å²) >= 11 is 18.0. The van der Waals surface area contributed by atoms with E-state index in [0.717, 1.165) is 36.8 Å². The molecule has 0 spiro atoms. The minimum absolute atomic E-state index is 0.136. The lowest BCUT2D eigenvalue weighted by Crippen LogP contribution is -2.46. The molecular weight excluding hydrogens is 455 g/mol. The quantitative estimate of drug-likeness (QED) is 0.460. The molecule has 0 unspecified atom stereocenters. The van der Waals surface area contributed by atoms with Gasteiger partial charge in [0, 0.05) is 34.9 Å². The van der Waals surface area contributed by atoms with Crippen molar-refractivity contribution in [3.8, 4) is 0 Å². The summed E-state index contributed by atoms with van der Waals surface area (Å²) in [6.07, 6.45) is 5.49. The van der Waals surface area contributed by atoms with E-state index in [1.807, 2.05) is 12.1 Å². The summed E-state index contributed by atoms with van der Waals surface area (Å²) < 4.78 is 0. The average molecular weight is 482 g/mol. The van der Waals surface area contributed by atoms with E-state index >= 15 is 0 Å². The highest BCUT2D eigenvalue weighted by atomic mass is 35.5. The lowest BCUT2D eigenvalue weighted by molar-refractivity contribution is -0.141. The third-order valence-corrected chi connectivity index (χ3v) is 6.29. The van der Waals surface area contributed by atoms with Gasteiger partial charge < -0.3 is 10.2 Å². The van der Waals surface area contributed by atoms with Crippen LogP contribution in [0.2, 0.25) is 10.0 Å². The Morgan fingerprint density at radius 3 is 2.10 bits per heavy atom. The van der Waals surface area contributed by atoms with Crippen LogP contribution in [0.15, 0.2) is 48.5 Å². The van der Waals surface area contributed by atoms with E-state index in [9.17, 15) is 9.59 Å². The van der Waals surface area contributed by atoms with Crippen molar-refractivity contribution in [3.05, 3.63) is 69.7 Å². The van der Waals surface area contributed by atoms with Gasteiger partial charge in [-0.3, -0.25) is 9.59 Å². The summed E-state index contributed by atoms with van der Waals surface area (Å²) in [5.41, 5.74) is 1.60. The molecule has 3 rings (SSSR count). The van der Waals surface area contributed by atoms with Crippen LogP contribution in [0.4, 0.5) is 0 Å². The number of hydrogen-bond donors (Lipinski definition) is 1. The van der Waals surface area contributed by atoms with Gasteiger partial charge in [0.25, 0.3) is 0 Å². The Hall–Kier alpha value is -1.75. The number of halogens is 3. The molecule has 0 heterocycles. The van der Waals surface area contributed by atoms with Gasteiger partial charge in [-0.05, 0) is 48.2 Å². The van der Waals surface area contributed by atoms with Crippen LogP contribution >= 0.6 is 34.8 Å². The van der Waals surface area contributed by atoms with Crippen LogP contribution in [0.3, 0.4) is 0 Å². The first-order chi connectivity index (χ1) is 15.0. The molecule has 0 saturated heterocycles. The average Bonchev–Trinajstić information content (AvgIpc) is 2.77. The highest BCUT2D eigenvalue weighted by Gasteiger charge is 2.32. The second-order valence-corrected chi connectivity index (χ2v) is 9.14. The largest absolute Gasteiger partial charge is 0.351 e. The molecular formula is C24H27Cl3N2O2. The first kappa shape index (κ1) is 23.9. The zero-order chi connectivity index (χ0) is 22.2. The zero-order valence-corrected chi connectivity index (χ0v) is 19.6. The molecule has 2 aromatic carbocycles. The fraction of sp³-hybridized carbons (Fsp3) is 0.417. The predicted octanol–water partition coefficient (Wildman–Crippen LogP) is 6.14. The van der Waals surface area contributed by atoms with Crippen molar-refractivity contribution < 1.29 is 9.59 Å². The topological polar surface area (TPSA) is 49.4 Å². The molecule has 0 radical (unpaired) electrons. The minimum Gasteiger partial charge on any atom is -0.351 e. The molecule has 1 aliphatic carbocycles. The van der Waals surface area contributed by atoms with Gasteiger partial charge in [-0.25, -0.2) is 0 Å². The van der Waals surface area contributed by atoms with E-state index < -0.39 is 6.04 Å². The van der Waals surface area contributed by atoms with Crippen LogP contribution < -0.4 is 5.32 Å². The number of carbonyl (C=O) groups excluding carboxylic acids is 2. The van der Waals surface area contributed by atoms with Crippen molar-refractivity contribution >= 4 is 46.6 Å². The van der Waals surface area contributed by atoms with E-state index in [2.05, 4.69) is 5.32 Å². The molecule has 0 aromatic heterocycles. The van der Waals surface area contributed by atoms with Crippen LogP contribution in [0.5, 0.6) is 0 Å². The maximum atomic E-state index is 13.5. The number of amides is 2. The van der Waals surface area contributed by atoms with Crippen molar-refractivity contribution in [2.45, 2.75) is 57.2 Å². The van der Waals surface area contributed by atoms with Crippen molar-refractivity contribution in [2.75, 3.05) is 5.88 Å². The summed E-state index contributed by atoms with van der Waals surface area (Å²) in [6, 6.07) is 13.7. The molecule has 2 amide bonds. The van der Waals surface area contributed by atoms with E-state index in [0.29, 0.717) is 10.0 Å². The summed E-state index contributed by atoms with van der Waals surface area (Å²) in [6.45, 7) is 0.276. The Morgan fingerprint density at radius 1 is 0.935 bits per heavy atom. The highest BCUT2D eigenvalue weighted by molar-refractivity contribution is 6.30. The van der Waals surface area contributed by atoms with Gasteiger partial charge in [0.1, 0.15) is 6.04 Å². The molecule has 0 aliphatic heterocycles. The number of nitrogens with one attached hydrogen (secondary N) is 1. The molecule has 1 atom stereocenters. The molecule has 1 N–H and O–H groups in total. The Labute approximate surface area is 198 Å². The third kappa shape index (κ3) is 6.86. The summed E-state index contributed by atoms with van der Waals surface area (Å²) in [7, 11) is 0. The summed E-state index contributed by atoms with van der Waals surface area (Å²) in [4.78, 5) is 28.2. The van der Waals surface area contributed by atoms with Crippen molar-refractivity contribution in [1.82, 2.24) is 10.2 Å². The molecule has 31 heavy (non-hydrogen) atoms. The van der Waals surface area contributed by atoms with Gasteiger partial charge in [0.2, 0.25) is 11.8 Å². The van der Waals surface area contributed by atoms with Gasteiger partial charge in [-0.2, -0.15) is 0 Å². The van der Waals surface area contributed by atoms with Gasteiger partial charge in [-0.15, -0.1) is 11.6 Å². The first-order valence-electron chi connectivity index (χ1n) is 10.6. The molecule has 0 bridgehead atoms. The second-order valence-electron chi connectivity index (χ2n) is 7.88. The highest BCUT2D eigenvalue weighted by Crippen LogP contribution is 2.28. The van der Waals surface area contributed by atoms with Crippen LogP contribution in [0.25, 0.3) is 0 Å². The molecule has 1 aliphatic rings. The predicted molar refractivity (Wildman–Crippen MR) is 127 cm³/mol. The molecule has 4 nitrogen and oxygen atoms in total. The second kappa shape index (κ2) is 11.8. The van der Waals surface area contributed by atoms with Crippen molar-refractivity contribution in [2.24, 2.45) is 0 Å². The Kier molecular flexibility index (Phi) is 9.06. The minimum atomic E-state index is -0.773. The Balaban J connectivity index is 1.94. The maximum absolute atomic E-state index is 13.5. The SMILES string of the molecule is O=C(NC1CCCCC1)[C@H](c1ccc(Cl)cc1)N(Cc1ccc(Cl)cc1)C(=O)CCCl. The Morgan fingerprint density at radius 2 is 1.52 bits per heavy atom. The Bertz CT molecular complexity index is 865. The van der Waals surface area contributed by atoms with E-state index in [1.54, 1.807) is 41.3 Å². The fourth-order valence-electron chi connectivity index (χ4n) is 3.98. The molecule has 7 heteroatoms. The monoisotopic (exact) mass is 480 g/mol. The van der Waals surface area contributed by atoms with Gasteiger partial charge >= 0.3 is 0 Å². The number of carbonyl (C=O) groups is 2. The number of alkyl halides is 1. The standard InChI is InChI=1S/C24H27Cl3N2O2/c25-15-14-22(30)29(16-17-6-10-19(26)11-7-17)23(18-8-12-20(27)13-9-18)24(31)28-21-4-2-1-3-5-21/h6-13,21,23H,1-5,14-16H2,(H,28,31)/t23-/m0/s1. The van der Waals surface area contributed by atoms with Crippen LogP contribution in [0, 0.1) is 0 Å². The van der Waals surface area contributed by atoms with Crippen molar-refractivity contribution in [1.29, 1.82) is 0 Å². The van der Waals surface area contributed by atoms with E-state index in [1.165, 1.54) is 6.42 Å². The van der Waals surface area contributed by atoms with Crippen LogP contribution in [-0.2, 0) is 16.1 Å². The van der Waals surface area contributed by atoms with E-state index in [4.69, 9.17) is 34.8 Å². The number of nitrogens with zero attached hydrogens (tertiary/aromatic N) is 1. The molecule has 166 valence electrons. The molecule has 1 saturated carbocycles. The normalized spacial score (nSPS) is 15.3. The van der Waals surface area contributed by atoms with Crippen LogP contribution in [0.1, 0.15) is 55.7 Å². The van der Waals surface area contributed by atoms with Gasteiger partial charge in [0.05, 0.1) is 0 Å². The summed E-state index contributed by atoms with van der Waals surface area (Å²) in [5, 5.41) is 4.38. The zero-order valence-electron chi connectivity index (χ0n) is 17.3. The lowest BCUT2D eigenvalue weighted by atomic mass is 9.94. The summed E-state index contributed by atoms with van der Waals surface area (Å²) in [5.74, 6) is -0.164. The van der Waals surface area contributed by atoms with Gasteiger partial charge in [-0.1, -0.05) is 66.7 Å². The maximum Gasteiger partial charge on any atom is 0.247 e. The number of benzene rings is 2. The third-order valence-electron chi connectivity index (χ3n) is 5.59. The van der Waals surface area contributed by atoms with E-state index in [-0.39, 0.29) is 36.7 Å². The lowest BCUT2D eigenvalue weighted by Gasteiger charge is -2.33. The first-order valence-corrected chi connectivity index (χ1v) is 11.9. The van der Waals surface area contributed by atoms with Crippen LogP contribution in [-0.4, -0.2) is 28.6 Å².